The molecule has 1 N–H and O–H groups in total. The molecule has 0 spiro atoms. The van der Waals surface area contributed by atoms with E-state index in [2.05, 4.69) is 21.6 Å². The van der Waals surface area contributed by atoms with Crippen LogP contribution in [0, 0.1) is 18.3 Å². The Bertz CT molecular complexity index is 1400. The Hall–Kier alpha value is -3.98. The van der Waals surface area contributed by atoms with Gasteiger partial charge in [0.25, 0.3) is 0 Å². The number of nitrogens with zero attached hydrogens (tertiary/aromatic N) is 6. The van der Waals surface area contributed by atoms with E-state index in [4.69, 9.17) is 14.6 Å². The van der Waals surface area contributed by atoms with Crippen LogP contribution in [0.4, 0.5) is 4.79 Å². The third kappa shape index (κ3) is 6.11. The van der Waals surface area contributed by atoms with Crippen LogP contribution in [0.25, 0.3) is 15.7 Å². The molecule has 1 aromatic carbocycles. The molecule has 200 valence electrons. The first kappa shape index (κ1) is 27.1. The lowest BCUT2D eigenvalue weighted by molar-refractivity contribution is -0.131. The largest absolute Gasteiger partial charge is 0.490 e. The molecule has 0 saturated heterocycles. The number of nitriles is 1. The van der Waals surface area contributed by atoms with Crippen LogP contribution >= 0.6 is 11.3 Å². The number of carbonyl (C=O) groups excluding carboxylic acids is 2. The van der Waals surface area contributed by atoms with E-state index in [1.807, 2.05) is 26.8 Å². The van der Waals surface area contributed by atoms with Crippen molar-refractivity contribution in [2.45, 2.75) is 66.2 Å². The van der Waals surface area contributed by atoms with Gasteiger partial charge in [0.05, 0.1) is 17.4 Å². The Morgan fingerprint density at radius 3 is 2.71 bits per heavy atom. The van der Waals surface area contributed by atoms with Gasteiger partial charge in [-0.2, -0.15) is 10.4 Å². The highest BCUT2D eigenvalue weighted by Crippen LogP contribution is 2.32. The highest BCUT2D eigenvalue weighted by molar-refractivity contribution is 7.17. The number of nitrogens with one attached hydrogen (secondary N) is 1. The van der Waals surface area contributed by atoms with E-state index in [0.717, 1.165) is 22.5 Å². The molecule has 0 radical (unpaired) electrons. The average molecular weight is 538 g/mol. The number of amides is 2. The lowest BCUT2D eigenvalue weighted by Crippen LogP contribution is -2.43. The van der Waals surface area contributed by atoms with Crippen molar-refractivity contribution < 1.29 is 19.1 Å². The summed E-state index contributed by atoms with van der Waals surface area (Å²) in [7, 11) is 0. The minimum Gasteiger partial charge on any atom is -0.490 e. The number of ether oxygens (including phenoxy) is 2. The van der Waals surface area contributed by atoms with Gasteiger partial charge in [-0.1, -0.05) is 11.3 Å². The van der Waals surface area contributed by atoms with Crippen LogP contribution in [0.3, 0.4) is 0 Å². The Morgan fingerprint density at radius 2 is 2.03 bits per heavy atom. The first-order valence-corrected chi connectivity index (χ1v) is 13.1. The van der Waals surface area contributed by atoms with Gasteiger partial charge >= 0.3 is 6.09 Å². The number of fused-ring (bicyclic) bond motifs is 1. The van der Waals surface area contributed by atoms with E-state index in [1.165, 1.54) is 11.3 Å². The molecule has 0 saturated carbocycles. The molecule has 2 amide bonds. The Balaban J connectivity index is 1.47. The van der Waals surface area contributed by atoms with Gasteiger partial charge in [0, 0.05) is 36.3 Å². The van der Waals surface area contributed by atoms with Crippen molar-refractivity contribution in [3.05, 3.63) is 40.7 Å². The van der Waals surface area contributed by atoms with Gasteiger partial charge in [0.15, 0.2) is 0 Å². The lowest BCUT2D eigenvalue weighted by atomic mass is 10.1. The van der Waals surface area contributed by atoms with Crippen LogP contribution in [0.1, 0.15) is 57.1 Å². The minimum absolute atomic E-state index is 0.0395. The number of hydrogen-bond acceptors (Lipinski definition) is 9. The predicted octanol–water partition coefficient (Wildman–Crippen LogP) is 3.77. The quantitative estimate of drug-likeness (QED) is 0.502. The average Bonchev–Trinajstić information content (AvgIpc) is 3.46. The van der Waals surface area contributed by atoms with Gasteiger partial charge in [-0.3, -0.25) is 4.79 Å². The predicted molar refractivity (Wildman–Crippen MR) is 141 cm³/mol. The van der Waals surface area contributed by atoms with Crippen LogP contribution in [-0.4, -0.2) is 61.7 Å². The molecule has 4 rings (SSSR count). The summed E-state index contributed by atoms with van der Waals surface area (Å²) in [5, 5.41) is 26.7. The number of carbonyl (C=O) groups is 2. The third-order valence-electron chi connectivity index (χ3n) is 5.73. The smallest absolute Gasteiger partial charge is 0.408 e. The van der Waals surface area contributed by atoms with E-state index in [9.17, 15) is 14.9 Å². The molecular weight excluding hydrogens is 506 g/mol. The maximum Gasteiger partial charge on any atom is 0.408 e. The summed E-state index contributed by atoms with van der Waals surface area (Å²) in [6.07, 6.45) is -0.0680. The van der Waals surface area contributed by atoms with Crippen LogP contribution in [0.15, 0.2) is 18.2 Å². The summed E-state index contributed by atoms with van der Waals surface area (Å²) in [4.78, 5) is 26.3. The minimum atomic E-state index is -0.632. The normalized spacial score (nSPS) is 13.2. The summed E-state index contributed by atoms with van der Waals surface area (Å²) < 4.78 is 12.7. The fourth-order valence-corrected chi connectivity index (χ4v) is 4.85. The molecule has 12 heteroatoms. The molecule has 3 aromatic rings. The monoisotopic (exact) mass is 537 g/mol. The van der Waals surface area contributed by atoms with E-state index in [1.54, 1.807) is 42.5 Å². The SMILES string of the molecule is Cc1c2c(nn1-c1nnc(-c3ccc(OC(C)C)c(C#N)c3)s1)CCN(C(=O)CNC(=O)OC(C)(C)C)C2. The fourth-order valence-electron chi connectivity index (χ4n) is 4.01. The summed E-state index contributed by atoms with van der Waals surface area (Å²) >= 11 is 1.36. The van der Waals surface area contributed by atoms with E-state index >= 15 is 0 Å². The van der Waals surface area contributed by atoms with Crippen LogP contribution < -0.4 is 10.1 Å². The zero-order valence-electron chi connectivity index (χ0n) is 22.4. The highest BCUT2D eigenvalue weighted by atomic mass is 32.1. The lowest BCUT2D eigenvalue weighted by Gasteiger charge is -2.27. The number of alkyl carbamates (subject to hydrolysis) is 1. The summed E-state index contributed by atoms with van der Waals surface area (Å²) in [5.41, 5.74) is 3.31. The number of hydrogen-bond donors (Lipinski definition) is 1. The highest BCUT2D eigenvalue weighted by Gasteiger charge is 2.27. The second-order valence-electron chi connectivity index (χ2n) is 10.2. The second kappa shape index (κ2) is 10.8. The molecule has 2 aromatic heterocycles. The summed E-state index contributed by atoms with van der Waals surface area (Å²) in [6, 6.07) is 7.56. The van der Waals surface area contributed by atoms with Crippen molar-refractivity contribution in [2.75, 3.05) is 13.1 Å². The van der Waals surface area contributed by atoms with Gasteiger partial charge in [-0.15, -0.1) is 10.2 Å². The van der Waals surface area contributed by atoms with Gasteiger partial charge in [-0.05, 0) is 59.7 Å². The van der Waals surface area contributed by atoms with Gasteiger partial charge in [-0.25, -0.2) is 9.48 Å². The number of rotatable bonds is 6. The van der Waals surface area contributed by atoms with Crippen molar-refractivity contribution in [2.24, 2.45) is 0 Å². The molecule has 0 fully saturated rings. The van der Waals surface area contributed by atoms with Gasteiger partial charge in [0.1, 0.15) is 29.0 Å². The first-order valence-electron chi connectivity index (χ1n) is 12.3. The molecule has 0 bridgehead atoms. The third-order valence-corrected chi connectivity index (χ3v) is 6.68. The van der Waals surface area contributed by atoms with Crippen molar-refractivity contribution in [1.82, 2.24) is 30.2 Å². The van der Waals surface area contributed by atoms with Crippen LogP contribution in [0.2, 0.25) is 0 Å². The molecule has 11 nitrogen and oxygen atoms in total. The zero-order valence-corrected chi connectivity index (χ0v) is 23.2. The topological polar surface area (TPSA) is 135 Å². The van der Waals surface area contributed by atoms with Crippen molar-refractivity contribution in [1.29, 1.82) is 5.26 Å². The van der Waals surface area contributed by atoms with Gasteiger partial charge in [0.2, 0.25) is 11.0 Å². The summed E-state index contributed by atoms with van der Waals surface area (Å²) in [5.74, 6) is 0.344. The van der Waals surface area contributed by atoms with E-state index in [0.29, 0.717) is 41.0 Å². The number of aromatic nitrogens is 4. The van der Waals surface area contributed by atoms with Crippen molar-refractivity contribution in [3.8, 4) is 27.5 Å². The maximum atomic E-state index is 12.7. The molecule has 1 aliphatic heterocycles. The molecule has 3 heterocycles. The summed E-state index contributed by atoms with van der Waals surface area (Å²) in [6.45, 7) is 11.8. The Labute approximate surface area is 225 Å². The van der Waals surface area contributed by atoms with Crippen molar-refractivity contribution in [3.63, 3.8) is 0 Å². The van der Waals surface area contributed by atoms with Crippen molar-refractivity contribution >= 4 is 23.3 Å². The first-order chi connectivity index (χ1) is 17.9. The molecule has 0 atom stereocenters. The molecule has 1 aliphatic rings. The molecular formula is C26H31N7O4S. The zero-order chi connectivity index (χ0) is 27.6. The van der Waals surface area contributed by atoms with Gasteiger partial charge < -0.3 is 19.7 Å². The molecule has 0 aliphatic carbocycles. The fraction of sp³-hybridized carbons (Fsp3) is 0.462. The van der Waals surface area contributed by atoms with E-state index in [-0.39, 0.29) is 18.6 Å². The molecule has 0 unspecified atom stereocenters. The van der Waals surface area contributed by atoms with Crippen LogP contribution in [0.5, 0.6) is 5.75 Å². The number of benzene rings is 1. The Kier molecular flexibility index (Phi) is 7.68. The van der Waals surface area contributed by atoms with Crippen LogP contribution in [-0.2, 0) is 22.5 Å². The maximum absolute atomic E-state index is 12.7. The second-order valence-corrected chi connectivity index (χ2v) is 11.2. The Morgan fingerprint density at radius 1 is 1.26 bits per heavy atom. The standard InChI is InChI=1S/C26H31N7O4S/c1-15(2)36-21-8-7-17(11-18(21)12-27)23-29-30-24(38-23)33-16(3)19-14-32(10-9-20(19)31-33)22(34)13-28-25(35)37-26(4,5)6/h7-8,11,15H,9-10,13-14H2,1-6H3,(H,28,35). The van der Waals surface area contributed by atoms with E-state index < -0.39 is 11.7 Å². The molecule has 38 heavy (non-hydrogen) atoms.